The van der Waals surface area contributed by atoms with Gasteiger partial charge in [0.2, 0.25) is 0 Å². The average Bonchev–Trinajstić information content (AvgIpc) is 2.39. The molecule has 0 spiro atoms. The number of aliphatic imine (C=N–C) groups is 1. The second kappa shape index (κ2) is 3.84. The highest BCUT2D eigenvalue weighted by Crippen LogP contribution is 2.35. The Morgan fingerprint density at radius 2 is 2.29 bits per heavy atom. The molecule has 14 heavy (non-hydrogen) atoms. The van der Waals surface area contributed by atoms with E-state index in [0.29, 0.717) is 6.42 Å². The van der Waals surface area contributed by atoms with Crippen LogP contribution in [0.5, 0.6) is 0 Å². The number of para-hydroxylation sites is 1. The van der Waals surface area contributed by atoms with E-state index in [9.17, 15) is 4.79 Å². The van der Waals surface area contributed by atoms with Crippen molar-refractivity contribution in [1.29, 1.82) is 0 Å². The molecule has 2 rings (SSSR count). The van der Waals surface area contributed by atoms with E-state index in [0.717, 1.165) is 10.6 Å². The maximum Gasteiger partial charge on any atom is 0.317 e. The van der Waals surface area contributed by atoms with Gasteiger partial charge in [0, 0.05) is 17.5 Å². The summed E-state index contributed by atoms with van der Waals surface area (Å²) in [6, 6.07) is 7.59. The first-order valence-electron chi connectivity index (χ1n) is 4.28. The van der Waals surface area contributed by atoms with Crippen molar-refractivity contribution < 1.29 is 9.90 Å². The summed E-state index contributed by atoms with van der Waals surface area (Å²) in [5.74, 6) is -0.779. The molecule has 1 aliphatic heterocycles. The fourth-order valence-corrected chi connectivity index (χ4v) is 2.25. The molecule has 4 heteroatoms. The van der Waals surface area contributed by atoms with Crippen molar-refractivity contribution in [3.05, 3.63) is 24.3 Å². The van der Waals surface area contributed by atoms with Gasteiger partial charge in [0.05, 0.1) is 5.69 Å². The zero-order chi connectivity index (χ0) is 9.97. The Hall–Kier alpha value is -1.29. The summed E-state index contributed by atoms with van der Waals surface area (Å²) in [5, 5.41) is 8.49. The number of carboxylic acid groups (broad SMARTS) is 1. The van der Waals surface area contributed by atoms with Gasteiger partial charge >= 0.3 is 5.97 Å². The molecular formula is C10H9NO2S. The van der Waals surface area contributed by atoms with E-state index in [4.69, 9.17) is 5.11 Å². The topological polar surface area (TPSA) is 49.7 Å². The third kappa shape index (κ3) is 1.80. The molecule has 0 amide bonds. The molecule has 0 aromatic heterocycles. The Balaban J connectivity index is 2.34. The Morgan fingerprint density at radius 3 is 3.07 bits per heavy atom. The lowest BCUT2D eigenvalue weighted by Gasteiger charge is -2.07. The highest BCUT2D eigenvalue weighted by atomic mass is 32.2. The lowest BCUT2D eigenvalue weighted by atomic mass is 10.3. The molecule has 1 atom stereocenters. The summed E-state index contributed by atoms with van der Waals surface area (Å²) in [5.41, 5.74) is 0.862. The van der Waals surface area contributed by atoms with Gasteiger partial charge in [0.1, 0.15) is 5.25 Å². The van der Waals surface area contributed by atoms with Crippen molar-refractivity contribution in [3.63, 3.8) is 0 Å². The van der Waals surface area contributed by atoms with Crippen molar-refractivity contribution in [2.24, 2.45) is 4.99 Å². The van der Waals surface area contributed by atoms with Crippen LogP contribution in [0.15, 0.2) is 34.2 Å². The van der Waals surface area contributed by atoms with Gasteiger partial charge in [0.15, 0.2) is 0 Å². The molecule has 1 N–H and O–H groups in total. The van der Waals surface area contributed by atoms with E-state index in [2.05, 4.69) is 4.99 Å². The maximum atomic E-state index is 10.8. The number of rotatable bonds is 1. The van der Waals surface area contributed by atoms with Gasteiger partial charge in [-0.1, -0.05) is 12.1 Å². The Labute approximate surface area is 85.9 Å². The van der Waals surface area contributed by atoms with Crippen LogP contribution in [0, 0.1) is 0 Å². The van der Waals surface area contributed by atoms with Gasteiger partial charge in [0.25, 0.3) is 0 Å². The minimum Gasteiger partial charge on any atom is -0.480 e. The number of thioether (sulfide) groups is 1. The molecule has 1 aliphatic rings. The smallest absolute Gasteiger partial charge is 0.317 e. The standard InChI is InChI=1S/C10H9NO2S/c12-10(13)9-5-6-11-7-3-1-2-4-8(7)14-9/h1-4,6,9H,5H2,(H,12,13). The maximum absolute atomic E-state index is 10.8. The lowest BCUT2D eigenvalue weighted by molar-refractivity contribution is -0.136. The van der Waals surface area contributed by atoms with E-state index in [-0.39, 0.29) is 0 Å². The first-order chi connectivity index (χ1) is 6.77. The van der Waals surface area contributed by atoms with E-state index in [1.807, 2.05) is 24.3 Å². The summed E-state index contributed by atoms with van der Waals surface area (Å²) < 4.78 is 0. The molecule has 0 fully saturated rings. The number of carboxylic acids is 1. The predicted molar refractivity (Wildman–Crippen MR) is 56.5 cm³/mol. The van der Waals surface area contributed by atoms with Crippen LogP contribution in [-0.4, -0.2) is 22.5 Å². The van der Waals surface area contributed by atoms with E-state index in [1.54, 1.807) is 6.21 Å². The number of hydrogen-bond acceptors (Lipinski definition) is 3. The minimum absolute atomic E-state index is 0.414. The summed E-state index contributed by atoms with van der Waals surface area (Å²) >= 11 is 1.36. The third-order valence-corrected chi connectivity index (χ3v) is 3.24. The largest absolute Gasteiger partial charge is 0.480 e. The van der Waals surface area contributed by atoms with E-state index in [1.165, 1.54) is 11.8 Å². The van der Waals surface area contributed by atoms with Crippen molar-refractivity contribution in [1.82, 2.24) is 0 Å². The zero-order valence-corrected chi connectivity index (χ0v) is 8.20. The van der Waals surface area contributed by atoms with E-state index < -0.39 is 11.2 Å². The summed E-state index contributed by atoms with van der Waals surface area (Å²) in [4.78, 5) is 16.0. The molecular weight excluding hydrogens is 198 g/mol. The minimum atomic E-state index is -0.779. The lowest BCUT2D eigenvalue weighted by Crippen LogP contribution is -2.15. The van der Waals surface area contributed by atoms with Crippen LogP contribution < -0.4 is 0 Å². The fraction of sp³-hybridized carbons (Fsp3) is 0.200. The molecule has 72 valence electrons. The van der Waals surface area contributed by atoms with Crippen LogP contribution in [0.1, 0.15) is 6.42 Å². The Kier molecular flexibility index (Phi) is 2.54. The van der Waals surface area contributed by atoms with Crippen LogP contribution in [-0.2, 0) is 4.79 Å². The summed E-state index contributed by atoms with van der Waals surface area (Å²) in [6.07, 6.45) is 2.16. The van der Waals surface area contributed by atoms with Gasteiger partial charge in [-0.25, -0.2) is 0 Å². The first kappa shape index (κ1) is 9.27. The van der Waals surface area contributed by atoms with Gasteiger partial charge in [-0.15, -0.1) is 11.8 Å². The van der Waals surface area contributed by atoms with E-state index >= 15 is 0 Å². The molecule has 0 radical (unpaired) electrons. The molecule has 0 saturated carbocycles. The molecule has 3 nitrogen and oxygen atoms in total. The number of hydrogen-bond donors (Lipinski definition) is 1. The predicted octanol–water partition coefficient (Wildman–Crippen LogP) is 2.34. The van der Waals surface area contributed by atoms with Crippen molar-refractivity contribution >= 4 is 29.6 Å². The summed E-state index contributed by atoms with van der Waals surface area (Å²) in [6.45, 7) is 0. The fourth-order valence-electron chi connectivity index (χ4n) is 1.26. The normalized spacial score (nSPS) is 19.9. The van der Waals surface area contributed by atoms with Crippen LogP contribution in [0.2, 0.25) is 0 Å². The molecule has 0 saturated heterocycles. The Bertz CT molecular complexity index is 389. The molecule has 1 heterocycles. The van der Waals surface area contributed by atoms with Crippen molar-refractivity contribution in [2.75, 3.05) is 0 Å². The van der Waals surface area contributed by atoms with Crippen molar-refractivity contribution in [3.8, 4) is 0 Å². The zero-order valence-electron chi connectivity index (χ0n) is 7.38. The second-order valence-electron chi connectivity index (χ2n) is 2.96. The SMILES string of the molecule is O=C(O)C1CC=Nc2ccccc2S1. The van der Waals surface area contributed by atoms with Crippen LogP contribution >= 0.6 is 11.8 Å². The quantitative estimate of drug-likeness (QED) is 0.769. The van der Waals surface area contributed by atoms with Crippen molar-refractivity contribution in [2.45, 2.75) is 16.6 Å². The number of fused-ring (bicyclic) bond motifs is 1. The van der Waals surface area contributed by atoms with Crippen LogP contribution in [0.4, 0.5) is 5.69 Å². The number of aliphatic carboxylic acids is 1. The monoisotopic (exact) mass is 207 g/mol. The molecule has 1 aromatic rings. The number of benzene rings is 1. The summed E-state index contributed by atoms with van der Waals surface area (Å²) in [7, 11) is 0. The van der Waals surface area contributed by atoms with Gasteiger partial charge < -0.3 is 5.11 Å². The Morgan fingerprint density at radius 1 is 1.50 bits per heavy atom. The first-order valence-corrected chi connectivity index (χ1v) is 5.16. The number of carbonyl (C=O) groups is 1. The molecule has 0 aliphatic carbocycles. The van der Waals surface area contributed by atoms with Gasteiger partial charge in [-0.3, -0.25) is 9.79 Å². The molecule has 1 unspecified atom stereocenters. The van der Waals surface area contributed by atoms with Gasteiger partial charge in [-0.2, -0.15) is 0 Å². The number of nitrogens with zero attached hydrogens (tertiary/aromatic N) is 1. The molecule has 0 bridgehead atoms. The van der Waals surface area contributed by atoms with Crippen LogP contribution in [0.25, 0.3) is 0 Å². The van der Waals surface area contributed by atoms with Crippen LogP contribution in [0.3, 0.4) is 0 Å². The second-order valence-corrected chi connectivity index (χ2v) is 4.20. The highest BCUT2D eigenvalue weighted by Gasteiger charge is 2.20. The highest BCUT2D eigenvalue weighted by molar-refractivity contribution is 8.00. The third-order valence-electron chi connectivity index (χ3n) is 1.96. The molecule has 1 aromatic carbocycles. The average molecular weight is 207 g/mol. The van der Waals surface area contributed by atoms with Gasteiger partial charge in [-0.05, 0) is 12.1 Å².